The third-order valence-corrected chi connectivity index (χ3v) is 7.28. The minimum atomic E-state index is -1.35. The molecule has 3 heterocycles. The van der Waals surface area contributed by atoms with E-state index >= 15 is 0 Å². The number of rotatable bonds is 8. The van der Waals surface area contributed by atoms with Gasteiger partial charge in [0.05, 0.1) is 17.7 Å². The van der Waals surface area contributed by atoms with Crippen molar-refractivity contribution in [3.05, 3.63) is 66.5 Å². The highest BCUT2D eigenvalue weighted by Gasteiger charge is 2.44. The van der Waals surface area contributed by atoms with Crippen molar-refractivity contribution < 1.29 is 13.9 Å². The van der Waals surface area contributed by atoms with Crippen molar-refractivity contribution in [2.45, 2.75) is 50.7 Å². The fourth-order valence-electron chi connectivity index (χ4n) is 4.98. The van der Waals surface area contributed by atoms with E-state index < -0.39 is 5.67 Å². The van der Waals surface area contributed by atoms with Crippen molar-refractivity contribution in [3.8, 4) is 22.9 Å². The second-order valence-corrected chi connectivity index (χ2v) is 10.4. The number of amides is 1. The Morgan fingerprint density at radius 3 is 2.82 bits per heavy atom. The SMILES string of the molecule is Cc1ccc2c(NC(=O)CC3(F)CC3)cccc2c1Oc1ncccc1-c1ccnc(N[C@H]2CCCNC2)n1. The van der Waals surface area contributed by atoms with Gasteiger partial charge in [-0.2, -0.15) is 0 Å². The number of anilines is 2. The molecule has 200 valence electrons. The van der Waals surface area contributed by atoms with E-state index in [4.69, 9.17) is 9.72 Å². The number of alkyl halides is 1. The molecule has 1 saturated heterocycles. The lowest BCUT2D eigenvalue weighted by molar-refractivity contribution is -0.117. The molecule has 1 aliphatic heterocycles. The number of aryl methyl sites for hydroxylation is 1. The summed E-state index contributed by atoms with van der Waals surface area (Å²) in [5, 5.41) is 11.3. The number of halogens is 1. The minimum Gasteiger partial charge on any atom is -0.437 e. The molecule has 1 aliphatic carbocycles. The number of pyridine rings is 1. The minimum absolute atomic E-state index is 0.122. The average Bonchev–Trinajstić information content (AvgIpc) is 3.67. The molecule has 0 radical (unpaired) electrons. The third-order valence-electron chi connectivity index (χ3n) is 7.28. The molecule has 1 amide bonds. The first kappa shape index (κ1) is 25.2. The van der Waals surface area contributed by atoms with Crippen LogP contribution >= 0.6 is 0 Å². The van der Waals surface area contributed by atoms with Gasteiger partial charge in [0.2, 0.25) is 17.7 Å². The fraction of sp³-hybridized carbons (Fsp3) is 0.333. The Morgan fingerprint density at radius 2 is 2.00 bits per heavy atom. The molecule has 0 unspecified atom stereocenters. The lowest BCUT2D eigenvalue weighted by atomic mass is 10.0. The molecular weight excluding hydrogens is 495 g/mol. The molecule has 2 aliphatic rings. The van der Waals surface area contributed by atoms with Gasteiger partial charge in [0.1, 0.15) is 11.4 Å². The fourth-order valence-corrected chi connectivity index (χ4v) is 4.98. The van der Waals surface area contributed by atoms with Crippen LogP contribution in [0.3, 0.4) is 0 Å². The summed E-state index contributed by atoms with van der Waals surface area (Å²) in [6, 6.07) is 15.4. The maximum atomic E-state index is 14.1. The number of nitrogens with one attached hydrogen (secondary N) is 3. The first-order valence-electron chi connectivity index (χ1n) is 13.4. The summed E-state index contributed by atoms with van der Waals surface area (Å²) < 4.78 is 20.6. The second-order valence-electron chi connectivity index (χ2n) is 10.4. The van der Waals surface area contributed by atoms with Crippen LogP contribution in [0.4, 0.5) is 16.0 Å². The number of nitrogens with zero attached hydrogens (tertiary/aromatic N) is 3. The number of carbonyl (C=O) groups is 1. The number of carbonyl (C=O) groups excluding carboxylic acids is 1. The largest absolute Gasteiger partial charge is 0.437 e. The van der Waals surface area contributed by atoms with Crippen LogP contribution in [-0.4, -0.2) is 45.7 Å². The molecule has 6 rings (SSSR count). The molecule has 1 saturated carbocycles. The molecular formula is C30H31FN6O2. The van der Waals surface area contributed by atoms with Crippen molar-refractivity contribution in [3.63, 3.8) is 0 Å². The van der Waals surface area contributed by atoms with Gasteiger partial charge in [-0.15, -0.1) is 0 Å². The van der Waals surface area contributed by atoms with Crippen LogP contribution in [0.15, 0.2) is 60.9 Å². The molecule has 3 N–H and O–H groups in total. The van der Waals surface area contributed by atoms with E-state index in [0.717, 1.165) is 47.8 Å². The van der Waals surface area contributed by atoms with Crippen LogP contribution in [0.25, 0.3) is 22.0 Å². The summed E-state index contributed by atoms with van der Waals surface area (Å²) in [6.45, 7) is 3.88. The summed E-state index contributed by atoms with van der Waals surface area (Å²) in [4.78, 5) is 26.2. The first-order valence-corrected chi connectivity index (χ1v) is 13.4. The van der Waals surface area contributed by atoms with Crippen LogP contribution in [0.5, 0.6) is 11.6 Å². The van der Waals surface area contributed by atoms with Crippen LogP contribution in [0.2, 0.25) is 0 Å². The van der Waals surface area contributed by atoms with Gasteiger partial charge >= 0.3 is 0 Å². The highest BCUT2D eigenvalue weighted by molar-refractivity contribution is 6.04. The number of hydrogen-bond donors (Lipinski definition) is 3. The monoisotopic (exact) mass is 526 g/mol. The van der Waals surface area contributed by atoms with Crippen LogP contribution in [-0.2, 0) is 4.79 Å². The Hall–Kier alpha value is -4.11. The van der Waals surface area contributed by atoms with Crippen LogP contribution in [0.1, 0.15) is 37.7 Å². The van der Waals surface area contributed by atoms with Crippen molar-refractivity contribution in [1.29, 1.82) is 0 Å². The van der Waals surface area contributed by atoms with Crippen molar-refractivity contribution in [1.82, 2.24) is 20.3 Å². The lowest BCUT2D eigenvalue weighted by Crippen LogP contribution is -2.38. The zero-order valence-electron chi connectivity index (χ0n) is 21.8. The van der Waals surface area contributed by atoms with Crippen LogP contribution < -0.4 is 20.7 Å². The molecule has 1 atom stereocenters. The van der Waals surface area contributed by atoms with Gasteiger partial charge < -0.3 is 20.7 Å². The van der Waals surface area contributed by atoms with E-state index in [9.17, 15) is 9.18 Å². The summed E-state index contributed by atoms with van der Waals surface area (Å²) in [7, 11) is 0. The zero-order chi connectivity index (χ0) is 26.8. The lowest BCUT2D eigenvalue weighted by Gasteiger charge is -2.23. The predicted octanol–water partition coefficient (Wildman–Crippen LogP) is 5.79. The van der Waals surface area contributed by atoms with E-state index in [1.54, 1.807) is 12.4 Å². The van der Waals surface area contributed by atoms with E-state index in [1.807, 2.05) is 55.5 Å². The number of aromatic nitrogens is 3. The molecule has 9 heteroatoms. The first-order chi connectivity index (χ1) is 19.0. The number of benzene rings is 2. The maximum absolute atomic E-state index is 14.1. The summed E-state index contributed by atoms with van der Waals surface area (Å²) in [5.74, 6) is 1.29. The van der Waals surface area contributed by atoms with Crippen molar-refractivity contribution in [2.24, 2.45) is 0 Å². The standard InChI is InChI=1S/C30H31FN6O2/c1-19-9-10-21-22(6-2-8-24(21)36-26(38)17-30(31)12-13-30)27(19)39-28-23(7-4-15-33-28)25-11-16-34-29(37-25)35-20-5-3-14-32-18-20/h2,4,6-11,15-16,20,32H,3,5,12-14,17-18H2,1H3,(H,36,38)(H,34,35,37)/t20-/m0/s1. The number of fused-ring (bicyclic) bond motifs is 1. The second kappa shape index (κ2) is 10.6. The topological polar surface area (TPSA) is 101 Å². The van der Waals surface area contributed by atoms with Crippen LogP contribution in [0, 0.1) is 6.92 Å². The predicted molar refractivity (Wildman–Crippen MR) is 150 cm³/mol. The van der Waals surface area contributed by atoms with Gasteiger partial charge in [-0.05, 0) is 69.0 Å². The molecule has 0 spiro atoms. The Bertz CT molecular complexity index is 1520. The molecule has 8 nitrogen and oxygen atoms in total. The molecule has 2 fully saturated rings. The number of piperidine rings is 1. The molecule has 0 bridgehead atoms. The average molecular weight is 527 g/mol. The highest BCUT2D eigenvalue weighted by atomic mass is 19.1. The van der Waals surface area contributed by atoms with Gasteiger partial charge in [0.15, 0.2) is 0 Å². The Morgan fingerprint density at radius 1 is 1.10 bits per heavy atom. The number of ether oxygens (including phenoxy) is 1. The summed E-state index contributed by atoms with van der Waals surface area (Å²) in [6.07, 6.45) is 6.37. The van der Waals surface area contributed by atoms with Gasteiger partial charge in [-0.1, -0.05) is 24.3 Å². The smallest absolute Gasteiger partial charge is 0.228 e. The molecule has 39 heavy (non-hydrogen) atoms. The maximum Gasteiger partial charge on any atom is 0.228 e. The summed E-state index contributed by atoms with van der Waals surface area (Å²) >= 11 is 0. The van der Waals surface area contributed by atoms with E-state index in [0.29, 0.717) is 41.8 Å². The van der Waals surface area contributed by atoms with Gasteiger partial charge in [0.25, 0.3) is 0 Å². The van der Waals surface area contributed by atoms with E-state index in [1.165, 1.54) is 0 Å². The highest BCUT2D eigenvalue weighted by Crippen LogP contribution is 2.43. The molecule has 2 aromatic heterocycles. The molecule has 4 aromatic rings. The van der Waals surface area contributed by atoms with Crippen molar-refractivity contribution >= 4 is 28.3 Å². The van der Waals surface area contributed by atoms with E-state index in [-0.39, 0.29) is 18.4 Å². The quantitative estimate of drug-likeness (QED) is 0.267. The Balaban J connectivity index is 1.29. The van der Waals surface area contributed by atoms with Gasteiger partial charge in [0, 0.05) is 41.4 Å². The zero-order valence-corrected chi connectivity index (χ0v) is 21.8. The molecule has 2 aromatic carbocycles. The van der Waals surface area contributed by atoms with Gasteiger partial charge in [-0.3, -0.25) is 4.79 Å². The third kappa shape index (κ3) is 5.68. The number of hydrogen-bond acceptors (Lipinski definition) is 7. The van der Waals surface area contributed by atoms with Crippen molar-refractivity contribution in [2.75, 3.05) is 23.7 Å². The van der Waals surface area contributed by atoms with E-state index in [2.05, 4.69) is 25.9 Å². The van der Waals surface area contributed by atoms with Gasteiger partial charge in [-0.25, -0.2) is 19.3 Å². The summed E-state index contributed by atoms with van der Waals surface area (Å²) in [5.41, 5.74) is 1.63. The Kier molecular flexibility index (Phi) is 6.83. The Labute approximate surface area is 226 Å². The normalized spacial score (nSPS) is 17.9.